The van der Waals surface area contributed by atoms with Crippen LogP contribution in [0.4, 0.5) is 23.4 Å². The minimum absolute atomic E-state index is 0.0564. The van der Waals surface area contributed by atoms with Gasteiger partial charge in [-0.05, 0) is 51.1 Å². The zero-order valence-electron chi connectivity index (χ0n) is 17.7. The number of halogens is 6. The number of hydrogen-bond donors (Lipinski definition) is 1. The second kappa shape index (κ2) is 9.30. The summed E-state index contributed by atoms with van der Waals surface area (Å²) in [7, 11) is 0. The number of thiophene rings is 1. The lowest BCUT2D eigenvalue weighted by Crippen LogP contribution is -2.16. The van der Waals surface area contributed by atoms with Crippen LogP contribution < -0.4 is 5.32 Å². The van der Waals surface area contributed by atoms with Gasteiger partial charge in [0.05, 0.1) is 21.6 Å². The smallest absolute Gasteiger partial charge is 0.303 e. The fourth-order valence-corrected chi connectivity index (χ4v) is 4.74. The molecule has 4 heterocycles. The number of carbonyl (C=O) groups is 1. The van der Waals surface area contributed by atoms with Gasteiger partial charge in [0.1, 0.15) is 10.8 Å². The number of benzene rings is 1. The Bertz CT molecular complexity index is 1580. The molecular weight excluding hydrogens is 588 g/mol. The van der Waals surface area contributed by atoms with Crippen LogP contribution in [-0.2, 0) is 12.7 Å². The molecule has 5 rings (SSSR count). The molecule has 0 atom stereocenters. The molecule has 1 N–H and O–H groups in total. The van der Waals surface area contributed by atoms with Crippen LogP contribution >= 0.6 is 38.9 Å². The summed E-state index contributed by atoms with van der Waals surface area (Å²) in [5, 5.41) is 11.9. The van der Waals surface area contributed by atoms with Gasteiger partial charge in [0.25, 0.3) is 5.91 Å². The van der Waals surface area contributed by atoms with Crippen molar-refractivity contribution in [1.82, 2.24) is 24.4 Å². The number of fused-ring (bicyclic) bond motifs is 1. The van der Waals surface area contributed by atoms with E-state index in [-0.39, 0.29) is 34.5 Å². The van der Waals surface area contributed by atoms with E-state index in [2.05, 4.69) is 36.4 Å². The fourth-order valence-electron chi connectivity index (χ4n) is 3.40. The summed E-state index contributed by atoms with van der Waals surface area (Å²) in [6.45, 7) is 0.286. The quantitative estimate of drug-likeness (QED) is 0.233. The average molecular weight is 600 g/mol. The van der Waals surface area contributed by atoms with Gasteiger partial charge in [0.2, 0.25) is 0 Å². The number of hydrogen-bond acceptors (Lipinski definition) is 5. The van der Waals surface area contributed by atoms with E-state index in [0.29, 0.717) is 13.9 Å². The zero-order valence-corrected chi connectivity index (χ0v) is 20.9. The lowest BCUT2D eigenvalue weighted by Gasteiger charge is -2.10. The maximum absolute atomic E-state index is 13.8. The van der Waals surface area contributed by atoms with Gasteiger partial charge in [-0.1, -0.05) is 29.8 Å². The molecule has 7 nitrogen and oxygen atoms in total. The Labute approximate surface area is 217 Å². The third kappa shape index (κ3) is 4.73. The largest absolute Gasteiger partial charge is 0.433 e. The van der Waals surface area contributed by atoms with Crippen LogP contribution in [0.15, 0.2) is 58.5 Å². The molecule has 0 aliphatic rings. The Morgan fingerprint density at radius 2 is 1.92 bits per heavy atom. The first-order chi connectivity index (χ1) is 17.1. The topological polar surface area (TPSA) is 77.1 Å². The number of nitrogens with zero attached hydrogens (tertiary/aromatic N) is 5. The van der Waals surface area contributed by atoms with Crippen molar-refractivity contribution in [2.45, 2.75) is 12.7 Å². The highest BCUT2D eigenvalue weighted by atomic mass is 79.9. The van der Waals surface area contributed by atoms with E-state index in [4.69, 9.17) is 11.6 Å². The van der Waals surface area contributed by atoms with Crippen molar-refractivity contribution in [2.75, 3.05) is 5.32 Å². The van der Waals surface area contributed by atoms with E-state index in [1.165, 1.54) is 28.2 Å². The number of amides is 1. The first kappa shape index (κ1) is 24.4. The van der Waals surface area contributed by atoms with E-state index < -0.39 is 23.5 Å². The summed E-state index contributed by atoms with van der Waals surface area (Å²) < 4.78 is 57.0. The van der Waals surface area contributed by atoms with Gasteiger partial charge in [-0.15, -0.1) is 11.3 Å². The molecule has 14 heteroatoms. The van der Waals surface area contributed by atoms with Crippen molar-refractivity contribution in [1.29, 1.82) is 0 Å². The summed E-state index contributed by atoms with van der Waals surface area (Å²) in [5.41, 5.74) is -1.05. The molecule has 36 heavy (non-hydrogen) atoms. The molecular formula is C22H12BrClF4N6OS. The summed E-state index contributed by atoms with van der Waals surface area (Å²) in [4.78, 5) is 17.7. The summed E-state index contributed by atoms with van der Waals surface area (Å²) in [6, 6.07) is 9.98. The van der Waals surface area contributed by atoms with Crippen molar-refractivity contribution in [3.8, 4) is 10.6 Å². The van der Waals surface area contributed by atoms with Crippen LogP contribution in [0.25, 0.3) is 16.2 Å². The molecule has 0 spiro atoms. The molecule has 4 aromatic heterocycles. The van der Waals surface area contributed by atoms with Crippen LogP contribution in [0.2, 0.25) is 5.02 Å². The van der Waals surface area contributed by atoms with Gasteiger partial charge in [-0.3, -0.25) is 9.48 Å². The lowest BCUT2D eigenvalue weighted by molar-refractivity contribution is -0.142. The molecule has 0 aliphatic heterocycles. The number of aromatic nitrogens is 5. The number of nitrogens with one attached hydrogen (secondary N) is 1. The van der Waals surface area contributed by atoms with E-state index in [1.54, 1.807) is 35.8 Å². The Morgan fingerprint density at radius 3 is 2.58 bits per heavy atom. The molecule has 184 valence electrons. The molecule has 0 bridgehead atoms. The third-order valence-corrected chi connectivity index (χ3v) is 6.84. The Kier molecular flexibility index (Phi) is 6.30. The van der Waals surface area contributed by atoms with Crippen LogP contribution in [0.3, 0.4) is 0 Å². The monoisotopic (exact) mass is 598 g/mol. The minimum Gasteiger partial charge on any atom is -0.303 e. The van der Waals surface area contributed by atoms with E-state index in [1.807, 2.05) is 0 Å². The molecule has 0 saturated heterocycles. The van der Waals surface area contributed by atoms with E-state index >= 15 is 0 Å². The number of rotatable bonds is 5. The van der Waals surface area contributed by atoms with Gasteiger partial charge in [-0.2, -0.15) is 23.4 Å². The molecule has 0 radical (unpaired) electrons. The molecule has 0 fully saturated rings. The lowest BCUT2D eigenvalue weighted by atomic mass is 10.2. The highest BCUT2D eigenvalue weighted by Gasteiger charge is 2.37. The van der Waals surface area contributed by atoms with E-state index in [9.17, 15) is 22.4 Å². The molecule has 0 unspecified atom stereocenters. The molecule has 1 amide bonds. The van der Waals surface area contributed by atoms with Gasteiger partial charge in [0, 0.05) is 6.20 Å². The van der Waals surface area contributed by atoms with E-state index in [0.717, 1.165) is 11.6 Å². The average Bonchev–Trinajstić information content (AvgIpc) is 3.55. The van der Waals surface area contributed by atoms with Gasteiger partial charge in [0.15, 0.2) is 22.9 Å². The maximum atomic E-state index is 13.8. The third-order valence-electron chi connectivity index (χ3n) is 5.02. The van der Waals surface area contributed by atoms with Crippen molar-refractivity contribution in [2.24, 2.45) is 0 Å². The number of carbonyl (C=O) groups excluding carboxylic acids is 1. The Morgan fingerprint density at radius 1 is 1.17 bits per heavy atom. The van der Waals surface area contributed by atoms with Crippen molar-refractivity contribution >= 4 is 56.2 Å². The summed E-state index contributed by atoms with van der Waals surface area (Å²) in [6.07, 6.45) is -3.20. The second-order valence-electron chi connectivity index (χ2n) is 7.50. The first-order valence-electron chi connectivity index (χ1n) is 10.1. The predicted molar refractivity (Wildman–Crippen MR) is 130 cm³/mol. The normalized spacial score (nSPS) is 11.8. The van der Waals surface area contributed by atoms with Crippen LogP contribution in [0.5, 0.6) is 0 Å². The van der Waals surface area contributed by atoms with Gasteiger partial charge < -0.3 is 5.32 Å². The Balaban J connectivity index is 1.47. The van der Waals surface area contributed by atoms with Gasteiger partial charge >= 0.3 is 6.18 Å². The van der Waals surface area contributed by atoms with Crippen molar-refractivity contribution in [3.05, 3.63) is 86.3 Å². The standard InChI is InChI=1S/C22H12BrClF4N6OS/c23-13-10-33(9-11-3-5-12(25)6-4-11)32-19(13)30-21(35)18-17(24)20-29-14(15-2-1-7-36-15)8-16(22(26,27)28)34(20)31-18/h1-8,10H,9H2,(H,30,32,35). The highest BCUT2D eigenvalue weighted by molar-refractivity contribution is 9.10. The van der Waals surface area contributed by atoms with Gasteiger partial charge in [-0.25, -0.2) is 13.9 Å². The van der Waals surface area contributed by atoms with Crippen molar-refractivity contribution in [3.63, 3.8) is 0 Å². The SMILES string of the molecule is O=C(Nc1nn(Cc2ccc(F)cc2)cc1Br)c1nn2c(C(F)(F)F)cc(-c3cccs3)nc2c1Cl. The molecule has 0 aliphatic carbocycles. The Hall–Kier alpha value is -3.29. The fraction of sp³-hybridized carbons (Fsp3) is 0.0909. The minimum atomic E-state index is -4.78. The van der Waals surface area contributed by atoms with Crippen LogP contribution in [0, 0.1) is 5.82 Å². The molecule has 1 aromatic carbocycles. The zero-order chi connectivity index (χ0) is 25.6. The number of alkyl halides is 3. The summed E-state index contributed by atoms with van der Waals surface area (Å²) >= 11 is 10.8. The first-order valence-corrected chi connectivity index (χ1v) is 12.1. The van der Waals surface area contributed by atoms with Crippen LogP contribution in [0.1, 0.15) is 21.7 Å². The number of anilines is 1. The summed E-state index contributed by atoms with van der Waals surface area (Å²) in [5.74, 6) is -1.15. The maximum Gasteiger partial charge on any atom is 0.433 e. The molecule has 0 saturated carbocycles. The second-order valence-corrected chi connectivity index (χ2v) is 9.68. The predicted octanol–water partition coefficient (Wildman–Crippen LogP) is 6.53. The molecule has 5 aromatic rings. The highest BCUT2D eigenvalue weighted by Crippen LogP contribution is 2.35. The van der Waals surface area contributed by atoms with Crippen molar-refractivity contribution < 1.29 is 22.4 Å². The van der Waals surface area contributed by atoms with Crippen LogP contribution in [-0.4, -0.2) is 30.3 Å².